The van der Waals surface area contributed by atoms with Crippen molar-refractivity contribution >= 4 is 17.3 Å². The molecule has 2 rings (SSSR count). The molecule has 0 aliphatic carbocycles. The van der Waals surface area contributed by atoms with Gasteiger partial charge in [0.1, 0.15) is 0 Å². The SMILES string of the molecule is C=CCC1Cc2cc(N)cc(C)c2NC1=O. The summed E-state index contributed by atoms with van der Waals surface area (Å²) in [5, 5.41) is 2.95. The molecule has 1 amide bonds. The van der Waals surface area contributed by atoms with E-state index in [1.807, 2.05) is 19.1 Å². The molecule has 1 heterocycles. The zero-order chi connectivity index (χ0) is 11.7. The number of nitrogens with two attached hydrogens (primary N) is 1. The molecule has 0 fully saturated rings. The van der Waals surface area contributed by atoms with E-state index in [9.17, 15) is 4.79 Å². The van der Waals surface area contributed by atoms with Crippen molar-refractivity contribution in [1.82, 2.24) is 0 Å². The topological polar surface area (TPSA) is 55.1 Å². The fraction of sp³-hybridized carbons (Fsp3) is 0.308. The van der Waals surface area contributed by atoms with Gasteiger partial charge in [-0.05, 0) is 43.0 Å². The average Bonchev–Trinajstić information content (AvgIpc) is 2.21. The zero-order valence-electron chi connectivity index (χ0n) is 9.42. The number of anilines is 2. The van der Waals surface area contributed by atoms with E-state index >= 15 is 0 Å². The smallest absolute Gasteiger partial charge is 0.228 e. The number of benzene rings is 1. The van der Waals surface area contributed by atoms with Crippen molar-refractivity contribution in [3.63, 3.8) is 0 Å². The largest absolute Gasteiger partial charge is 0.399 e. The van der Waals surface area contributed by atoms with Crippen LogP contribution in [0.15, 0.2) is 24.8 Å². The van der Waals surface area contributed by atoms with Gasteiger partial charge in [-0.25, -0.2) is 0 Å². The minimum absolute atomic E-state index is 0.00815. The van der Waals surface area contributed by atoms with Crippen LogP contribution in [0.3, 0.4) is 0 Å². The molecule has 0 saturated carbocycles. The van der Waals surface area contributed by atoms with E-state index in [4.69, 9.17) is 5.73 Å². The van der Waals surface area contributed by atoms with Crippen molar-refractivity contribution in [2.45, 2.75) is 19.8 Å². The molecule has 84 valence electrons. The summed E-state index contributed by atoms with van der Waals surface area (Å²) in [6, 6.07) is 3.82. The molecule has 0 radical (unpaired) electrons. The molecule has 0 bridgehead atoms. The molecule has 0 spiro atoms. The summed E-state index contributed by atoms with van der Waals surface area (Å²) in [5.74, 6) is 0.0754. The molecule has 3 heteroatoms. The number of allylic oxidation sites excluding steroid dienone is 1. The second-order valence-corrected chi connectivity index (χ2v) is 4.29. The van der Waals surface area contributed by atoms with Gasteiger partial charge in [0.05, 0.1) is 0 Å². The molecule has 1 atom stereocenters. The molecular formula is C13H16N2O. The van der Waals surface area contributed by atoms with Crippen LogP contribution in [0.25, 0.3) is 0 Å². The van der Waals surface area contributed by atoms with Crippen molar-refractivity contribution in [3.05, 3.63) is 35.9 Å². The van der Waals surface area contributed by atoms with E-state index < -0.39 is 0 Å². The quantitative estimate of drug-likeness (QED) is 0.588. The lowest BCUT2D eigenvalue weighted by Gasteiger charge is -2.25. The van der Waals surface area contributed by atoms with E-state index in [1.165, 1.54) is 0 Å². The standard InChI is InChI=1S/C13H16N2O/c1-3-4-9-6-10-7-11(14)5-8(2)12(10)15-13(9)16/h3,5,7,9H,1,4,6,14H2,2H3,(H,15,16). The van der Waals surface area contributed by atoms with Crippen molar-refractivity contribution in [1.29, 1.82) is 0 Å². The fourth-order valence-corrected chi connectivity index (χ4v) is 2.21. The van der Waals surface area contributed by atoms with Crippen LogP contribution in [-0.4, -0.2) is 5.91 Å². The van der Waals surface area contributed by atoms with Gasteiger partial charge in [0.25, 0.3) is 0 Å². The van der Waals surface area contributed by atoms with E-state index in [-0.39, 0.29) is 11.8 Å². The zero-order valence-corrected chi connectivity index (χ0v) is 9.42. The summed E-state index contributed by atoms with van der Waals surface area (Å²) in [6.07, 6.45) is 3.24. The third-order valence-corrected chi connectivity index (χ3v) is 2.98. The summed E-state index contributed by atoms with van der Waals surface area (Å²) in [6.45, 7) is 5.64. The molecule has 1 aliphatic heterocycles. The van der Waals surface area contributed by atoms with Crippen LogP contribution in [0.2, 0.25) is 0 Å². The third-order valence-electron chi connectivity index (χ3n) is 2.98. The maximum absolute atomic E-state index is 11.8. The van der Waals surface area contributed by atoms with Crippen LogP contribution < -0.4 is 11.1 Å². The Balaban J connectivity index is 2.38. The van der Waals surface area contributed by atoms with Gasteiger partial charge in [0, 0.05) is 17.3 Å². The lowest BCUT2D eigenvalue weighted by Crippen LogP contribution is -2.30. The Labute approximate surface area is 95.3 Å². The minimum Gasteiger partial charge on any atom is -0.399 e. The molecule has 1 unspecified atom stereocenters. The average molecular weight is 216 g/mol. The number of carbonyl (C=O) groups is 1. The first-order valence-electron chi connectivity index (χ1n) is 5.42. The normalized spacial score (nSPS) is 18.8. The maximum atomic E-state index is 11.8. The third kappa shape index (κ3) is 1.81. The Morgan fingerprint density at radius 3 is 3.06 bits per heavy atom. The Kier molecular flexibility index (Phi) is 2.69. The highest BCUT2D eigenvalue weighted by molar-refractivity contribution is 5.97. The lowest BCUT2D eigenvalue weighted by molar-refractivity contribution is -0.120. The molecule has 0 aromatic heterocycles. The number of fused-ring (bicyclic) bond motifs is 1. The molecule has 1 aromatic rings. The molecular weight excluding hydrogens is 200 g/mol. The molecule has 1 aromatic carbocycles. The summed E-state index contributed by atoms with van der Waals surface area (Å²) in [5.41, 5.74) is 9.65. The Morgan fingerprint density at radius 1 is 1.62 bits per heavy atom. The van der Waals surface area contributed by atoms with Gasteiger partial charge < -0.3 is 11.1 Å². The highest BCUT2D eigenvalue weighted by Crippen LogP contribution is 2.31. The van der Waals surface area contributed by atoms with Crippen LogP contribution in [-0.2, 0) is 11.2 Å². The number of nitrogens with one attached hydrogen (secondary N) is 1. The summed E-state index contributed by atoms with van der Waals surface area (Å²) in [7, 11) is 0. The predicted octanol–water partition coefficient (Wildman–Crippen LogP) is 2.26. The van der Waals surface area contributed by atoms with Crippen molar-refractivity contribution < 1.29 is 4.79 Å². The van der Waals surface area contributed by atoms with E-state index in [1.54, 1.807) is 6.08 Å². The molecule has 3 N–H and O–H groups in total. The van der Waals surface area contributed by atoms with Gasteiger partial charge in [-0.15, -0.1) is 6.58 Å². The number of hydrogen-bond acceptors (Lipinski definition) is 2. The van der Waals surface area contributed by atoms with Crippen molar-refractivity contribution in [3.8, 4) is 0 Å². The number of carbonyl (C=O) groups excluding carboxylic acids is 1. The first kappa shape index (κ1) is 10.7. The minimum atomic E-state index is -0.00815. The fourth-order valence-electron chi connectivity index (χ4n) is 2.21. The van der Waals surface area contributed by atoms with Gasteiger partial charge in [-0.2, -0.15) is 0 Å². The van der Waals surface area contributed by atoms with E-state index in [0.29, 0.717) is 6.42 Å². The van der Waals surface area contributed by atoms with Crippen LogP contribution in [0.4, 0.5) is 11.4 Å². The summed E-state index contributed by atoms with van der Waals surface area (Å²) >= 11 is 0. The highest BCUT2D eigenvalue weighted by atomic mass is 16.1. The summed E-state index contributed by atoms with van der Waals surface area (Å²) < 4.78 is 0. The van der Waals surface area contributed by atoms with E-state index in [2.05, 4.69) is 11.9 Å². The Morgan fingerprint density at radius 2 is 2.38 bits per heavy atom. The number of nitrogen functional groups attached to an aromatic ring is 1. The highest BCUT2D eigenvalue weighted by Gasteiger charge is 2.26. The van der Waals surface area contributed by atoms with Crippen molar-refractivity contribution in [2.75, 3.05) is 11.1 Å². The second kappa shape index (κ2) is 4.00. The lowest BCUT2D eigenvalue weighted by atomic mass is 9.89. The first-order valence-corrected chi connectivity index (χ1v) is 5.42. The Hall–Kier alpha value is -1.77. The number of hydrogen-bond donors (Lipinski definition) is 2. The van der Waals surface area contributed by atoms with Gasteiger partial charge in [0.15, 0.2) is 0 Å². The molecule has 1 aliphatic rings. The van der Waals surface area contributed by atoms with Crippen LogP contribution >= 0.6 is 0 Å². The first-order chi connectivity index (χ1) is 7.61. The molecule has 16 heavy (non-hydrogen) atoms. The van der Waals surface area contributed by atoms with Crippen LogP contribution in [0, 0.1) is 12.8 Å². The molecule has 0 saturated heterocycles. The van der Waals surface area contributed by atoms with Gasteiger partial charge in [-0.1, -0.05) is 6.08 Å². The summed E-state index contributed by atoms with van der Waals surface area (Å²) in [4.78, 5) is 11.8. The number of rotatable bonds is 2. The van der Waals surface area contributed by atoms with Gasteiger partial charge >= 0.3 is 0 Å². The maximum Gasteiger partial charge on any atom is 0.228 e. The monoisotopic (exact) mass is 216 g/mol. The van der Waals surface area contributed by atoms with Crippen LogP contribution in [0.1, 0.15) is 17.5 Å². The second-order valence-electron chi connectivity index (χ2n) is 4.29. The van der Waals surface area contributed by atoms with Gasteiger partial charge in [-0.3, -0.25) is 4.79 Å². The number of aryl methyl sites for hydroxylation is 1. The molecule has 3 nitrogen and oxygen atoms in total. The van der Waals surface area contributed by atoms with Crippen molar-refractivity contribution in [2.24, 2.45) is 5.92 Å². The Bertz CT molecular complexity index is 451. The van der Waals surface area contributed by atoms with Crippen LogP contribution in [0.5, 0.6) is 0 Å². The number of amides is 1. The van der Waals surface area contributed by atoms with E-state index in [0.717, 1.165) is 28.9 Å². The van der Waals surface area contributed by atoms with Gasteiger partial charge in [0.2, 0.25) is 5.91 Å². The predicted molar refractivity (Wildman–Crippen MR) is 66.2 cm³/mol.